The second kappa shape index (κ2) is 5.40. The lowest BCUT2D eigenvalue weighted by Gasteiger charge is -1.99. The van der Waals surface area contributed by atoms with Crippen LogP contribution in [0.15, 0.2) is 53.3 Å². The zero-order valence-electron chi connectivity index (χ0n) is 10.5. The largest absolute Gasteiger partial charge is 0.467 e. The van der Waals surface area contributed by atoms with Crippen LogP contribution in [0.4, 0.5) is 0 Å². The highest BCUT2D eigenvalue weighted by atomic mass is 16.3. The number of aromatic amines is 1. The van der Waals surface area contributed by atoms with E-state index in [0.29, 0.717) is 29.4 Å². The Morgan fingerprint density at radius 2 is 2.20 bits per heavy atom. The maximum Gasteiger partial charge on any atom is 0.269 e. The van der Waals surface area contributed by atoms with Gasteiger partial charge < -0.3 is 9.73 Å². The normalized spacial score (nSPS) is 10.4. The van der Waals surface area contributed by atoms with E-state index in [-0.39, 0.29) is 5.91 Å². The number of hydrogen-bond acceptors (Lipinski definition) is 4. The fourth-order valence-electron chi connectivity index (χ4n) is 1.76. The molecule has 20 heavy (non-hydrogen) atoms. The van der Waals surface area contributed by atoms with Crippen molar-refractivity contribution in [3.63, 3.8) is 0 Å². The molecule has 0 aliphatic carbocycles. The monoisotopic (exact) mass is 268 g/mol. The number of carbonyl (C=O) groups is 1. The lowest BCUT2D eigenvalue weighted by atomic mass is 10.2. The summed E-state index contributed by atoms with van der Waals surface area (Å²) in [4.78, 5) is 16.1. The molecule has 3 heterocycles. The minimum atomic E-state index is -0.240. The highest BCUT2D eigenvalue weighted by molar-refractivity contribution is 5.93. The van der Waals surface area contributed by atoms with E-state index in [9.17, 15) is 4.79 Å². The second-order valence-corrected chi connectivity index (χ2v) is 4.14. The molecule has 0 aliphatic rings. The number of rotatable bonds is 4. The molecule has 6 nitrogen and oxygen atoms in total. The number of H-pyrrole nitrogens is 1. The van der Waals surface area contributed by atoms with Crippen molar-refractivity contribution in [1.82, 2.24) is 20.5 Å². The van der Waals surface area contributed by atoms with Gasteiger partial charge in [0.05, 0.1) is 18.5 Å². The van der Waals surface area contributed by atoms with Gasteiger partial charge in [-0.15, -0.1) is 0 Å². The van der Waals surface area contributed by atoms with Crippen LogP contribution in [0, 0.1) is 0 Å². The molecule has 0 bridgehead atoms. The van der Waals surface area contributed by atoms with Crippen LogP contribution in [0.5, 0.6) is 0 Å². The molecule has 0 spiro atoms. The van der Waals surface area contributed by atoms with Crippen molar-refractivity contribution in [3.8, 4) is 11.4 Å². The quantitative estimate of drug-likeness (QED) is 0.758. The van der Waals surface area contributed by atoms with Crippen LogP contribution in [0.1, 0.15) is 16.2 Å². The summed E-state index contributed by atoms with van der Waals surface area (Å²) in [5.41, 5.74) is 1.74. The highest BCUT2D eigenvalue weighted by Crippen LogP contribution is 2.14. The topological polar surface area (TPSA) is 83.8 Å². The summed E-state index contributed by atoms with van der Waals surface area (Å²) in [6.07, 6.45) is 3.25. The molecule has 1 amide bonds. The van der Waals surface area contributed by atoms with Crippen LogP contribution in [0.2, 0.25) is 0 Å². The Bertz CT molecular complexity index is 689. The van der Waals surface area contributed by atoms with E-state index < -0.39 is 0 Å². The van der Waals surface area contributed by atoms with Crippen molar-refractivity contribution in [2.24, 2.45) is 0 Å². The van der Waals surface area contributed by atoms with E-state index in [1.807, 2.05) is 18.2 Å². The maximum atomic E-state index is 11.9. The van der Waals surface area contributed by atoms with Gasteiger partial charge in [0.15, 0.2) is 0 Å². The number of carbonyl (C=O) groups excluding carboxylic acids is 1. The minimum Gasteiger partial charge on any atom is -0.467 e. The molecule has 3 aromatic heterocycles. The first-order valence-electron chi connectivity index (χ1n) is 6.10. The van der Waals surface area contributed by atoms with Gasteiger partial charge >= 0.3 is 0 Å². The Balaban J connectivity index is 1.69. The van der Waals surface area contributed by atoms with E-state index in [1.165, 1.54) is 0 Å². The average molecular weight is 268 g/mol. The fraction of sp³-hybridized carbons (Fsp3) is 0.0714. The Morgan fingerprint density at radius 3 is 2.95 bits per heavy atom. The highest BCUT2D eigenvalue weighted by Gasteiger charge is 2.11. The zero-order valence-corrected chi connectivity index (χ0v) is 10.5. The number of amides is 1. The van der Waals surface area contributed by atoms with E-state index >= 15 is 0 Å². The van der Waals surface area contributed by atoms with Crippen LogP contribution >= 0.6 is 0 Å². The molecule has 0 aromatic carbocycles. The summed E-state index contributed by atoms with van der Waals surface area (Å²) in [5, 5.41) is 9.52. The predicted molar refractivity (Wildman–Crippen MR) is 71.7 cm³/mol. The number of pyridine rings is 1. The van der Waals surface area contributed by atoms with Crippen molar-refractivity contribution in [1.29, 1.82) is 0 Å². The van der Waals surface area contributed by atoms with Gasteiger partial charge in [0.1, 0.15) is 17.1 Å². The summed E-state index contributed by atoms with van der Waals surface area (Å²) < 4.78 is 5.14. The first-order valence-corrected chi connectivity index (χ1v) is 6.10. The summed E-state index contributed by atoms with van der Waals surface area (Å²) in [6, 6.07) is 10.8. The van der Waals surface area contributed by atoms with Crippen molar-refractivity contribution >= 4 is 5.91 Å². The van der Waals surface area contributed by atoms with Gasteiger partial charge in [-0.25, -0.2) is 0 Å². The number of hydrogen-bond donors (Lipinski definition) is 2. The Hall–Kier alpha value is -2.89. The molecule has 0 atom stereocenters. The van der Waals surface area contributed by atoms with E-state index in [0.717, 1.165) is 0 Å². The molecule has 0 saturated heterocycles. The van der Waals surface area contributed by atoms with E-state index in [2.05, 4.69) is 20.5 Å². The molecule has 0 unspecified atom stereocenters. The van der Waals surface area contributed by atoms with Crippen LogP contribution < -0.4 is 5.32 Å². The van der Waals surface area contributed by atoms with Crippen LogP contribution in [0.25, 0.3) is 11.4 Å². The van der Waals surface area contributed by atoms with Crippen molar-refractivity contribution in [3.05, 3.63) is 60.3 Å². The van der Waals surface area contributed by atoms with Gasteiger partial charge in [0, 0.05) is 6.20 Å². The van der Waals surface area contributed by atoms with Gasteiger partial charge in [-0.1, -0.05) is 6.07 Å². The molecule has 3 rings (SSSR count). The molecule has 0 aliphatic heterocycles. The summed E-state index contributed by atoms with van der Waals surface area (Å²) in [5.74, 6) is 0.457. The molecular formula is C14H12N4O2. The first kappa shape index (κ1) is 12.2. The van der Waals surface area contributed by atoms with Crippen LogP contribution in [-0.4, -0.2) is 21.1 Å². The molecule has 0 saturated carbocycles. The van der Waals surface area contributed by atoms with Gasteiger partial charge in [-0.3, -0.25) is 14.9 Å². The number of furan rings is 1. The Morgan fingerprint density at radius 1 is 1.25 bits per heavy atom. The lowest BCUT2D eigenvalue weighted by molar-refractivity contribution is 0.0943. The van der Waals surface area contributed by atoms with Gasteiger partial charge in [0.25, 0.3) is 5.91 Å². The summed E-state index contributed by atoms with van der Waals surface area (Å²) in [6.45, 7) is 0.337. The zero-order chi connectivity index (χ0) is 13.8. The van der Waals surface area contributed by atoms with E-state index in [1.54, 1.807) is 30.7 Å². The van der Waals surface area contributed by atoms with E-state index in [4.69, 9.17) is 4.42 Å². The Labute approximate surface area is 114 Å². The van der Waals surface area contributed by atoms with Gasteiger partial charge in [-0.05, 0) is 30.3 Å². The molecule has 6 heteroatoms. The molecule has 2 N–H and O–H groups in total. The molecule has 3 aromatic rings. The van der Waals surface area contributed by atoms with Gasteiger partial charge in [0.2, 0.25) is 0 Å². The maximum absolute atomic E-state index is 11.9. The molecule has 0 fully saturated rings. The third-order valence-corrected chi connectivity index (χ3v) is 2.75. The standard InChI is InChI=1S/C14H12N4O2/c19-14(16-9-10-4-3-7-20-10)13-8-12(17-18-13)11-5-1-2-6-15-11/h1-8H,9H2,(H,16,19)(H,17,18). The summed E-state index contributed by atoms with van der Waals surface area (Å²) in [7, 11) is 0. The third-order valence-electron chi connectivity index (χ3n) is 2.75. The number of nitrogens with zero attached hydrogens (tertiary/aromatic N) is 2. The van der Waals surface area contributed by atoms with Crippen LogP contribution in [-0.2, 0) is 6.54 Å². The van der Waals surface area contributed by atoms with Crippen molar-refractivity contribution < 1.29 is 9.21 Å². The fourth-order valence-corrected chi connectivity index (χ4v) is 1.76. The molecule has 100 valence electrons. The lowest BCUT2D eigenvalue weighted by Crippen LogP contribution is -2.22. The number of nitrogens with one attached hydrogen (secondary N) is 2. The Kier molecular flexibility index (Phi) is 3.28. The van der Waals surface area contributed by atoms with Crippen molar-refractivity contribution in [2.45, 2.75) is 6.54 Å². The second-order valence-electron chi connectivity index (χ2n) is 4.14. The predicted octanol–water partition coefficient (Wildman–Crippen LogP) is 1.99. The van der Waals surface area contributed by atoms with Crippen molar-refractivity contribution in [2.75, 3.05) is 0 Å². The SMILES string of the molecule is O=C(NCc1ccco1)c1cc(-c2ccccn2)n[nH]1. The molecule has 0 radical (unpaired) electrons. The molecular weight excluding hydrogens is 256 g/mol. The van der Waals surface area contributed by atoms with Crippen LogP contribution in [0.3, 0.4) is 0 Å². The summed E-state index contributed by atoms with van der Waals surface area (Å²) >= 11 is 0. The number of aromatic nitrogens is 3. The smallest absolute Gasteiger partial charge is 0.269 e. The third kappa shape index (κ3) is 2.59. The first-order chi connectivity index (χ1) is 9.83. The van der Waals surface area contributed by atoms with Gasteiger partial charge in [-0.2, -0.15) is 5.10 Å². The minimum absolute atomic E-state index is 0.240. The average Bonchev–Trinajstić information content (AvgIpc) is 3.17.